The summed E-state index contributed by atoms with van der Waals surface area (Å²) < 4.78 is 39.0. The highest BCUT2D eigenvalue weighted by Gasteiger charge is 2.12. The first-order valence-corrected chi connectivity index (χ1v) is 8.60. The lowest BCUT2D eigenvalue weighted by molar-refractivity contribution is -0.118. The van der Waals surface area contributed by atoms with Crippen molar-refractivity contribution in [2.75, 3.05) is 11.9 Å². The van der Waals surface area contributed by atoms with Gasteiger partial charge in [0.2, 0.25) is 0 Å². The van der Waals surface area contributed by atoms with Crippen LogP contribution in [0.2, 0.25) is 5.02 Å². The van der Waals surface area contributed by atoms with Crippen LogP contribution in [0.4, 0.5) is 14.5 Å². The molecule has 0 radical (unpaired) electrons. The number of ether oxygens (including phenoxy) is 3. The number of carbonyl (C=O) groups is 2. The van der Waals surface area contributed by atoms with Crippen LogP contribution in [0.15, 0.2) is 42.5 Å². The van der Waals surface area contributed by atoms with E-state index in [0.29, 0.717) is 17.0 Å². The van der Waals surface area contributed by atoms with Crippen molar-refractivity contribution in [3.05, 3.63) is 53.1 Å². The predicted octanol–water partition coefficient (Wildman–Crippen LogP) is 4.52. The molecule has 2 aromatic rings. The molecule has 6 nitrogen and oxygen atoms in total. The molecule has 0 unspecified atom stereocenters. The molecular formula is C19H18ClF2NO5. The van der Waals surface area contributed by atoms with E-state index in [0.717, 1.165) is 0 Å². The summed E-state index contributed by atoms with van der Waals surface area (Å²) in [4.78, 5) is 23.7. The average molecular weight is 414 g/mol. The van der Waals surface area contributed by atoms with Gasteiger partial charge in [0, 0.05) is 5.69 Å². The summed E-state index contributed by atoms with van der Waals surface area (Å²) in [6.07, 6.45) is -0.225. The number of hydrogen-bond acceptors (Lipinski definition) is 5. The van der Waals surface area contributed by atoms with Crippen LogP contribution in [0.1, 0.15) is 24.2 Å². The summed E-state index contributed by atoms with van der Waals surface area (Å²) in [5.74, 6) is -0.741. The van der Waals surface area contributed by atoms with E-state index in [1.165, 1.54) is 42.5 Å². The molecule has 0 aliphatic rings. The lowest BCUT2D eigenvalue weighted by Crippen LogP contribution is -2.20. The maximum atomic E-state index is 12.2. The maximum Gasteiger partial charge on any atom is 0.387 e. The third-order valence-corrected chi connectivity index (χ3v) is 3.53. The zero-order valence-electron chi connectivity index (χ0n) is 15.1. The summed E-state index contributed by atoms with van der Waals surface area (Å²) in [7, 11) is 0. The van der Waals surface area contributed by atoms with E-state index in [2.05, 4.69) is 10.1 Å². The van der Waals surface area contributed by atoms with E-state index < -0.39 is 18.5 Å². The zero-order valence-corrected chi connectivity index (χ0v) is 15.8. The molecular weight excluding hydrogens is 396 g/mol. The lowest BCUT2D eigenvalue weighted by atomic mass is 10.2. The molecule has 9 heteroatoms. The van der Waals surface area contributed by atoms with Crippen molar-refractivity contribution in [1.82, 2.24) is 0 Å². The number of nitrogens with one attached hydrogen (secondary N) is 1. The van der Waals surface area contributed by atoms with Gasteiger partial charge in [0.05, 0.1) is 16.7 Å². The predicted molar refractivity (Wildman–Crippen MR) is 99.2 cm³/mol. The van der Waals surface area contributed by atoms with E-state index in [9.17, 15) is 18.4 Å². The Bertz CT molecular complexity index is 828. The normalized spacial score (nSPS) is 10.7. The number of rotatable bonds is 8. The first-order chi connectivity index (χ1) is 13.2. The molecule has 2 aromatic carbocycles. The smallest absolute Gasteiger partial charge is 0.387 e. The van der Waals surface area contributed by atoms with Gasteiger partial charge in [-0.05, 0) is 56.3 Å². The fourth-order valence-electron chi connectivity index (χ4n) is 2.09. The van der Waals surface area contributed by atoms with Gasteiger partial charge in [-0.3, -0.25) is 4.79 Å². The number of benzene rings is 2. The van der Waals surface area contributed by atoms with Crippen LogP contribution in [0.25, 0.3) is 0 Å². The molecule has 1 amide bonds. The topological polar surface area (TPSA) is 73.9 Å². The minimum atomic E-state index is -3.00. The SMILES string of the molecule is CC(C)OC(=O)c1ccc(OCC(=O)Nc2ccc(OC(F)F)c(Cl)c2)cc1. The molecule has 0 fully saturated rings. The Morgan fingerprint density at radius 1 is 1.11 bits per heavy atom. The van der Waals surface area contributed by atoms with Crippen LogP contribution < -0.4 is 14.8 Å². The average Bonchev–Trinajstić information content (AvgIpc) is 2.62. The molecule has 0 aliphatic carbocycles. The molecule has 0 aliphatic heterocycles. The summed E-state index contributed by atoms with van der Waals surface area (Å²) in [6, 6.07) is 10.0. The largest absolute Gasteiger partial charge is 0.484 e. The van der Waals surface area contributed by atoms with Crippen molar-refractivity contribution in [3.8, 4) is 11.5 Å². The first kappa shape index (κ1) is 21.4. The van der Waals surface area contributed by atoms with Gasteiger partial charge in [-0.25, -0.2) is 4.79 Å². The van der Waals surface area contributed by atoms with Crippen LogP contribution in [0, 0.1) is 0 Å². The second-order valence-corrected chi connectivity index (χ2v) is 6.25. The van der Waals surface area contributed by atoms with E-state index in [4.69, 9.17) is 21.1 Å². The molecule has 0 spiro atoms. The number of esters is 1. The Morgan fingerprint density at radius 3 is 2.36 bits per heavy atom. The van der Waals surface area contributed by atoms with Gasteiger partial charge in [0.25, 0.3) is 5.91 Å². The second kappa shape index (κ2) is 9.89. The fourth-order valence-corrected chi connectivity index (χ4v) is 2.31. The number of alkyl halides is 2. The quantitative estimate of drug-likeness (QED) is 0.644. The number of carbonyl (C=O) groups excluding carboxylic acids is 2. The number of halogens is 3. The van der Waals surface area contributed by atoms with Gasteiger partial charge in [0.15, 0.2) is 6.61 Å². The van der Waals surface area contributed by atoms with Gasteiger partial charge in [-0.2, -0.15) is 8.78 Å². The molecule has 0 heterocycles. The number of anilines is 1. The van der Waals surface area contributed by atoms with Crippen molar-refractivity contribution in [2.24, 2.45) is 0 Å². The highest BCUT2D eigenvalue weighted by molar-refractivity contribution is 6.32. The van der Waals surface area contributed by atoms with Gasteiger partial charge in [0.1, 0.15) is 11.5 Å². The third kappa shape index (κ3) is 6.70. The standard InChI is InChI=1S/C19H18ClF2NO5/c1-11(2)27-18(25)12-3-6-14(7-4-12)26-10-17(24)23-13-5-8-16(15(20)9-13)28-19(21)22/h3-9,11,19H,10H2,1-2H3,(H,23,24). The molecule has 0 bridgehead atoms. The van der Waals surface area contributed by atoms with E-state index >= 15 is 0 Å². The highest BCUT2D eigenvalue weighted by Crippen LogP contribution is 2.28. The van der Waals surface area contributed by atoms with Crippen LogP contribution in [0.5, 0.6) is 11.5 Å². The van der Waals surface area contributed by atoms with Gasteiger partial charge >= 0.3 is 12.6 Å². The fraction of sp³-hybridized carbons (Fsp3) is 0.263. The Balaban J connectivity index is 1.87. The molecule has 0 aromatic heterocycles. The van der Waals surface area contributed by atoms with Crippen molar-refractivity contribution in [2.45, 2.75) is 26.6 Å². The summed E-state index contributed by atoms with van der Waals surface area (Å²) in [6.45, 7) is 0.203. The highest BCUT2D eigenvalue weighted by atomic mass is 35.5. The molecule has 0 saturated carbocycles. The molecule has 150 valence electrons. The molecule has 0 saturated heterocycles. The first-order valence-electron chi connectivity index (χ1n) is 8.22. The van der Waals surface area contributed by atoms with Crippen LogP contribution >= 0.6 is 11.6 Å². The van der Waals surface area contributed by atoms with Crippen molar-refractivity contribution >= 4 is 29.2 Å². The maximum absolute atomic E-state index is 12.2. The molecule has 1 N–H and O–H groups in total. The summed E-state index contributed by atoms with van der Waals surface area (Å²) >= 11 is 5.82. The summed E-state index contributed by atoms with van der Waals surface area (Å²) in [5.41, 5.74) is 0.665. The second-order valence-electron chi connectivity index (χ2n) is 5.84. The number of amides is 1. The Labute approximate surface area is 165 Å². The van der Waals surface area contributed by atoms with Crippen molar-refractivity contribution in [3.63, 3.8) is 0 Å². The van der Waals surface area contributed by atoms with Gasteiger partial charge in [-0.1, -0.05) is 11.6 Å². The van der Waals surface area contributed by atoms with Crippen LogP contribution in [0.3, 0.4) is 0 Å². The third-order valence-electron chi connectivity index (χ3n) is 3.23. The van der Waals surface area contributed by atoms with Crippen molar-refractivity contribution < 1.29 is 32.6 Å². The minimum absolute atomic E-state index is 0.0668. The Hall–Kier alpha value is -2.87. The van der Waals surface area contributed by atoms with Gasteiger partial charge in [-0.15, -0.1) is 0 Å². The number of hydrogen-bond donors (Lipinski definition) is 1. The molecule has 28 heavy (non-hydrogen) atoms. The van der Waals surface area contributed by atoms with Gasteiger partial charge < -0.3 is 19.5 Å². The minimum Gasteiger partial charge on any atom is -0.484 e. The van der Waals surface area contributed by atoms with E-state index in [1.54, 1.807) is 13.8 Å². The van der Waals surface area contributed by atoms with Crippen molar-refractivity contribution in [1.29, 1.82) is 0 Å². The Morgan fingerprint density at radius 2 is 1.79 bits per heavy atom. The summed E-state index contributed by atoms with van der Waals surface area (Å²) in [5, 5.41) is 2.45. The van der Waals surface area contributed by atoms with E-state index in [1.807, 2.05) is 0 Å². The van der Waals surface area contributed by atoms with E-state index in [-0.39, 0.29) is 23.5 Å². The molecule has 0 atom stereocenters. The monoisotopic (exact) mass is 413 g/mol. The zero-order chi connectivity index (χ0) is 20.7. The lowest BCUT2D eigenvalue weighted by Gasteiger charge is -2.11. The van der Waals surface area contributed by atoms with Crippen LogP contribution in [-0.2, 0) is 9.53 Å². The van der Waals surface area contributed by atoms with Crippen LogP contribution in [-0.4, -0.2) is 31.2 Å². The Kier molecular flexibility index (Phi) is 7.57. The molecule has 2 rings (SSSR count).